The zero-order valence-corrected chi connectivity index (χ0v) is 28.2. The van der Waals surface area contributed by atoms with Crippen molar-refractivity contribution < 1.29 is 20.0 Å². The molecule has 0 amide bonds. The van der Waals surface area contributed by atoms with Gasteiger partial charge >= 0.3 is 227 Å². The third-order valence-corrected chi connectivity index (χ3v) is 35.7. The Morgan fingerprint density at radius 3 is 1.46 bits per heavy atom. The third-order valence-electron chi connectivity index (χ3n) is 10.8. The van der Waals surface area contributed by atoms with Crippen LogP contribution in [-0.2, 0) is 20.0 Å². The molecule has 2 fully saturated rings. The van der Waals surface area contributed by atoms with Crippen LogP contribution in [0, 0.1) is 0 Å². The Labute approximate surface area is 250 Å². The van der Waals surface area contributed by atoms with E-state index in [9.17, 15) is 0 Å². The van der Waals surface area contributed by atoms with E-state index in [0.29, 0.717) is 0 Å². The molecule has 1 saturated heterocycles. The number of benzene rings is 4. The minimum Gasteiger partial charge on any atom is -0.147 e. The van der Waals surface area contributed by atoms with Crippen LogP contribution in [-0.4, -0.2) is 0 Å². The molecule has 0 aromatic heterocycles. The summed E-state index contributed by atoms with van der Waals surface area (Å²) in [6.07, 6.45) is 13.7. The second kappa shape index (κ2) is 10.3. The van der Waals surface area contributed by atoms with Gasteiger partial charge in [-0.05, 0) is 0 Å². The van der Waals surface area contributed by atoms with Crippen LogP contribution in [0.2, 0.25) is 7.35 Å². The van der Waals surface area contributed by atoms with Crippen molar-refractivity contribution in [2.75, 3.05) is 0 Å². The van der Waals surface area contributed by atoms with Crippen molar-refractivity contribution in [3.05, 3.63) is 106 Å². The zero-order valence-electron chi connectivity index (χ0n) is 23.0. The van der Waals surface area contributed by atoms with Crippen LogP contribution >= 0.6 is 24.8 Å². The summed E-state index contributed by atoms with van der Waals surface area (Å²) < 4.78 is 3.66. The van der Waals surface area contributed by atoms with Crippen molar-refractivity contribution in [3.8, 4) is 0 Å². The Morgan fingerprint density at radius 1 is 0.590 bits per heavy atom. The summed E-state index contributed by atoms with van der Waals surface area (Å²) in [5, 5.41) is 5.76. The first kappa shape index (κ1) is 27.5. The first-order valence-electron chi connectivity index (χ1n) is 14.7. The smallest absolute Gasteiger partial charge is 0.147 e. The van der Waals surface area contributed by atoms with Gasteiger partial charge in [-0.3, -0.25) is 0 Å². The van der Waals surface area contributed by atoms with E-state index in [-0.39, 0.29) is 24.8 Å². The molecule has 0 nitrogen and oxygen atoms in total. The number of rotatable bonds is 4. The van der Waals surface area contributed by atoms with E-state index < -0.39 is 20.0 Å². The fourth-order valence-electron chi connectivity index (χ4n) is 9.42. The van der Waals surface area contributed by atoms with E-state index in [1.54, 1.807) is 33.4 Å². The number of halogens is 2. The second-order valence-electron chi connectivity index (χ2n) is 12.1. The summed E-state index contributed by atoms with van der Waals surface area (Å²) in [7, 11) is 0. The Kier molecular flexibility index (Phi) is 7.27. The van der Waals surface area contributed by atoms with Gasteiger partial charge in [0.15, 0.2) is 0 Å². The van der Waals surface area contributed by atoms with Crippen LogP contribution in [0.25, 0.3) is 33.7 Å². The van der Waals surface area contributed by atoms with Crippen molar-refractivity contribution in [2.45, 2.75) is 67.1 Å². The fourth-order valence-corrected chi connectivity index (χ4v) is 45.3. The third kappa shape index (κ3) is 3.72. The molecule has 0 N–H and O–H groups in total. The molecule has 8 rings (SSSR count). The van der Waals surface area contributed by atoms with Gasteiger partial charge in [0, 0.05) is 0 Å². The van der Waals surface area contributed by atoms with E-state index in [0.717, 1.165) is 14.7 Å². The molecule has 1 heterocycles. The number of fused-ring (bicyclic) bond motifs is 7. The zero-order chi connectivity index (χ0) is 24.7. The summed E-state index contributed by atoms with van der Waals surface area (Å²) >= 11 is -3.02. The maximum Gasteiger partial charge on any atom is -0.147 e. The van der Waals surface area contributed by atoms with Gasteiger partial charge in [-0.25, -0.2) is 0 Å². The number of allylic oxidation sites excluding steroid dienone is 2. The molecular weight excluding hydrogens is 682 g/mol. The molecule has 200 valence electrons. The minimum atomic E-state index is -3.02. The summed E-state index contributed by atoms with van der Waals surface area (Å²) in [4.78, 5) is 0. The van der Waals surface area contributed by atoms with Crippen LogP contribution in [0.4, 0.5) is 0 Å². The average Bonchev–Trinajstić information content (AvgIpc) is 3.25. The summed E-state index contributed by atoms with van der Waals surface area (Å²) in [6, 6.07) is 28.2. The van der Waals surface area contributed by atoms with Gasteiger partial charge in [-0.15, -0.1) is 24.8 Å². The predicted octanol–water partition coefficient (Wildman–Crippen LogP) is 11.6. The van der Waals surface area contributed by atoms with Crippen LogP contribution in [0.3, 0.4) is 0 Å². The topological polar surface area (TPSA) is 0 Å². The van der Waals surface area contributed by atoms with Gasteiger partial charge in [0.1, 0.15) is 0 Å². The maximum atomic E-state index is 2.67. The fraction of sp³-hybridized carbons (Fsp3) is 0.333. The van der Waals surface area contributed by atoms with Gasteiger partial charge in [0.05, 0.1) is 0 Å². The van der Waals surface area contributed by atoms with Crippen molar-refractivity contribution in [1.29, 1.82) is 0 Å². The Bertz CT molecular complexity index is 1520. The Morgan fingerprint density at radius 2 is 1.03 bits per heavy atom. The van der Waals surface area contributed by atoms with Crippen molar-refractivity contribution >= 4 is 58.5 Å². The van der Waals surface area contributed by atoms with Crippen molar-refractivity contribution in [2.24, 2.45) is 0 Å². The normalized spacial score (nSPS) is 28.1. The molecule has 0 bridgehead atoms. The van der Waals surface area contributed by atoms with E-state index in [2.05, 4.69) is 98.8 Å². The molecule has 0 spiro atoms. The Hall–Kier alpha value is -1.67. The van der Waals surface area contributed by atoms with Crippen molar-refractivity contribution in [3.63, 3.8) is 0 Å². The van der Waals surface area contributed by atoms with Gasteiger partial charge in [-0.1, -0.05) is 0 Å². The van der Waals surface area contributed by atoms with Gasteiger partial charge in [0.25, 0.3) is 0 Å². The molecule has 4 atom stereocenters. The van der Waals surface area contributed by atoms with Crippen LogP contribution in [0.5, 0.6) is 0 Å². The molecule has 39 heavy (non-hydrogen) atoms. The van der Waals surface area contributed by atoms with E-state index in [1.807, 2.05) is 0 Å². The van der Waals surface area contributed by atoms with Crippen molar-refractivity contribution in [1.82, 2.24) is 0 Å². The largest absolute Gasteiger partial charge is 0.147 e. The summed E-state index contributed by atoms with van der Waals surface area (Å²) in [5.74, 6) is 0. The molecule has 4 aromatic rings. The molecule has 1 aliphatic heterocycles. The van der Waals surface area contributed by atoms with Gasteiger partial charge in [0.2, 0.25) is 0 Å². The molecule has 1 saturated carbocycles. The SMILES string of the molecule is CCC1=Cc2c(ccc3ccccc23)[CH]1[Hf]1([CH]2C(CC)=Cc3c2ccc2ccccc32)[CH]2CCCC[CH]21.Cl.Cl. The van der Waals surface area contributed by atoms with Crippen LogP contribution < -0.4 is 0 Å². The van der Waals surface area contributed by atoms with E-state index >= 15 is 0 Å². The Balaban J connectivity index is 0.00000138. The number of hydrogen-bond acceptors (Lipinski definition) is 0. The van der Waals surface area contributed by atoms with E-state index in [4.69, 9.17) is 0 Å². The summed E-state index contributed by atoms with van der Waals surface area (Å²) in [5.41, 5.74) is 10.1. The second-order valence-corrected chi connectivity index (χ2v) is 28.8. The van der Waals surface area contributed by atoms with Crippen LogP contribution in [0.1, 0.15) is 82.0 Å². The standard InChI is InChI=1S/2C15H13.C6H10.2ClH.Hf/c2*1-2-11-9-13-8-7-12-5-3-4-6-14(12)15(13)10-11;1-2-4-6-5-3-1;;;/h2*3-10H,2H2,1H3;1-2H,3-6H2;2*1H;. The molecule has 4 unspecified atom stereocenters. The molecule has 3 aliphatic carbocycles. The molecule has 3 heteroatoms. The molecule has 0 radical (unpaired) electrons. The van der Waals surface area contributed by atoms with Gasteiger partial charge < -0.3 is 0 Å². The first-order chi connectivity index (χ1) is 18.3. The first-order valence-corrected chi connectivity index (χ1v) is 23.0. The number of hydrogen-bond donors (Lipinski definition) is 0. The summed E-state index contributed by atoms with van der Waals surface area (Å²) in [6.45, 7) is 4.88. The van der Waals surface area contributed by atoms with E-state index in [1.165, 1.54) is 60.1 Å². The quantitative estimate of drug-likeness (QED) is 0.184. The van der Waals surface area contributed by atoms with Crippen LogP contribution in [0.15, 0.2) is 83.9 Å². The average molecular weight is 720 g/mol. The maximum absolute atomic E-state index is 3.02. The molecular formula is C36H38Cl2Hf. The minimum absolute atomic E-state index is 0. The monoisotopic (exact) mass is 720 g/mol. The predicted molar refractivity (Wildman–Crippen MR) is 170 cm³/mol. The molecule has 4 aliphatic rings. The molecule has 4 aromatic carbocycles. The van der Waals surface area contributed by atoms with Gasteiger partial charge in [-0.2, -0.15) is 0 Å².